The molecule has 2 N–H and O–H groups in total. The van der Waals surface area contributed by atoms with Gasteiger partial charge in [0.25, 0.3) is 0 Å². The molecule has 0 fully saturated rings. The first kappa shape index (κ1) is 14.5. The maximum atomic E-state index is 9.66. The van der Waals surface area contributed by atoms with E-state index < -0.39 is 0 Å². The van der Waals surface area contributed by atoms with Gasteiger partial charge in [-0.25, -0.2) is 0 Å². The van der Waals surface area contributed by atoms with Crippen molar-refractivity contribution < 1.29 is 14.9 Å². The van der Waals surface area contributed by atoms with E-state index in [-0.39, 0.29) is 23.0 Å². The summed E-state index contributed by atoms with van der Waals surface area (Å²) in [7, 11) is 0. The normalized spacial score (nSPS) is 17.4. The topological polar surface area (TPSA) is 49.7 Å². The molecule has 1 aliphatic rings. The molecular formula is C19H20O3. The van der Waals surface area contributed by atoms with Crippen molar-refractivity contribution in [1.82, 2.24) is 0 Å². The molecule has 1 aliphatic heterocycles. The zero-order valence-electron chi connectivity index (χ0n) is 13.0. The molecule has 114 valence electrons. The Hall–Kier alpha value is -2.42. The van der Waals surface area contributed by atoms with Crippen LogP contribution in [0.4, 0.5) is 0 Å². The Kier molecular flexibility index (Phi) is 3.36. The van der Waals surface area contributed by atoms with Crippen molar-refractivity contribution in [2.24, 2.45) is 5.41 Å². The summed E-state index contributed by atoms with van der Waals surface area (Å²) in [6.45, 7) is 6.37. The van der Waals surface area contributed by atoms with Gasteiger partial charge in [0, 0.05) is 22.6 Å². The minimum absolute atomic E-state index is 0.104. The highest BCUT2D eigenvalue weighted by molar-refractivity contribution is 5.88. The summed E-state index contributed by atoms with van der Waals surface area (Å²) in [6, 6.07) is 12.3. The summed E-state index contributed by atoms with van der Waals surface area (Å²) in [4.78, 5) is 0. The second-order valence-corrected chi connectivity index (χ2v) is 6.73. The van der Waals surface area contributed by atoms with Crippen molar-refractivity contribution in [3.63, 3.8) is 0 Å². The van der Waals surface area contributed by atoms with E-state index in [2.05, 4.69) is 26.8 Å². The van der Waals surface area contributed by atoms with Crippen molar-refractivity contribution in [2.75, 3.05) is 0 Å². The number of ether oxygens (including phenoxy) is 1. The van der Waals surface area contributed by atoms with Gasteiger partial charge in [-0.3, -0.25) is 0 Å². The predicted molar refractivity (Wildman–Crippen MR) is 88.0 cm³/mol. The van der Waals surface area contributed by atoms with Crippen molar-refractivity contribution >= 4 is 11.6 Å². The Balaban J connectivity index is 2.13. The molecule has 3 nitrogen and oxygen atoms in total. The highest BCUT2D eigenvalue weighted by Crippen LogP contribution is 2.42. The van der Waals surface area contributed by atoms with E-state index >= 15 is 0 Å². The number of hydrogen-bond acceptors (Lipinski definition) is 3. The number of fused-ring (bicyclic) bond motifs is 1. The molecule has 0 amide bonds. The first-order valence-electron chi connectivity index (χ1n) is 7.35. The second kappa shape index (κ2) is 5.09. The lowest BCUT2D eigenvalue weighted by Gasteiger charge is -2.36. The number of aromatic hydroxyl groups is 2. The summed E-state index contributed by atoms with van der Waals surface area (Å²) < 4.78 is 6.18. The third-order valence-corrected chi connectivity index (χ3v) is 3.82. The fourth-order valence-corrected chi connectivity index (χ4v) is 2.71. The van der Waals surface area contributed by atoms with E-state index in [1.165, 1.54) is 0 Å². The molecule has 1 heterocycles. The molecule has 0 spiro atoms. The van der Waals surface area contributed by atoms with Gasteiger partial charge in [0.2, 0.25) is 0 Å². The molecule has 22 heavy (non-hydrogen) atoms. The molecule has 2 aromatic carbocycles. The molecule has 0 saturated carbocycles. The van der Waals surface area contributed by atoms with Crippen LogP contribution in [0.1, 0.15) is 31.9 Å². The molecule has 3 heteroatoms. The third-order valence-electron chi connectivity index (χ3n) is 3.82. The number of benzene rings is 2. The molecular weight excluding hydrogens is 276 g/mol. The van der Waals surface area contributed by atoms with Gasteiger partial charge in [-0.05, 0) is 35.9 Å². The number of phenolic OH excluding ortho intramolecular Hbond substituents is 2. The summed E-state index contributed by atoms with van der Waals surface area (Å²) in [5.41, 5.74) is 2.94. The van der Waals surface area contributed by atoms with Crippen LogP contribution in [0, 0.1) is 5.41 Å². The van der Waals surface area contributed by atoms with E-state index in [1.807, 2.05) is 18.2 Å². The van der Waals surface area contributed by atoms with Crippen molar-refractivity contribution in [1.29, 1.82) is 0 Å². The molecule has 0 saturated heterocycles. The Labute approximate surface area is 130 Å². The molecule has 0 aromatic heterocycles. The maximum Gasteiger partial charge on any atom is 0.131 e. The monoisotopic (exact) mass is 296 g/mol. The minimum Gasteiger partial charge on any atom is -0.508 e. The lowest BCUT2D eigenvalue weighted by Crippen LogP contribution is -2.35. The smallest absolute Gasteiger partial charge is 0.131 e. The molecule has 0 aliphatic carbocycles. The fraction of sp³-hybridized carbons (Fsp3) is 0.263. The lowest BCUT2D eigenvalue weighted by molar-refractivity contribution is 0.134. The number of phenols is 2. The predicted octanol–water partition coefficient (Wildman–Crippen LogP) is 4.45. The summed E-state index contributed by atoms with van der Waals surface area (Å²) in [5, 5.41) is 19.2. The van der Waals surface area contributed by atoms with Gasteiger partial charge in [-0.1, -0.05) is 32.9 Å². The van der Waals surface area contributed by atoms with E-state index in [9.17, 15) is 10.2 Å². The average molecular weight is 296 g/mol. The fourth-order valence-electron chi connectivity index (χ4n) is 2.71. The Morgan fingerprint density at radius 3 is 2.18 bits per heavy atom. The van der Waals surface area contributed by atoms with Crippen LogP contribution in [-0.2, 0) is 0 Å². The van der Waals surface area contributed by atoms with E-state index in [1.54, 1.807) is 24.3 Å². The summed E-state index contributed by atoms with van der Waals surface area (Å²) in [5.74, 6) is 1.15. The van der Waals surface area contributed by atoms with Gasteiger partial charge in [0.05, 0.1) is 0 Å². The van der Waals surface area contributed by atoms with Crippen molar-refractivity contribution in [3.8, 4) is 17.2 Å². The van der Waals surface area contributed by atoms with Gasteiger partial charge in [-0.2, -0.15) is 0 Å². The molecule has 1 atom stereocenters. The van der Waals surface area contributed by atoms with E-state index in [0.29, 0.717) is 5.75 Å². The highest BCUT2D eigenvalue weighted by Gasteiger charge is 2.34. The highest BCUT2D eigenvalue weighted by atomic mass is 16.5. The molecule has 3 rings (SSSR count). The van der Waals surface area contributed by atoms with Crippen LogP contribution in [0.2, 0.25) is 0 Å². The van der Waals surface area contributed by atoms with Crippen LogP contribution in [0.3, 0.4) is 0 Å². The summed E-state index contributed by atoms with van der Waals surface area (Å²) >= 11 is 0. The zero-order chi connectivity index (χ0) is 15.9. The van der Waals surface area contributed by atoms with Gasteiger partial charge in [0.1, 0.15) is 23.4 Å². The number of rotatable bonds is 1. The second-order valence-electron chi connectivity index (χ2n) is 6.73. The standard InChI is InChI=1S/C19H20O3/c1-19(2,3)18-16(12-4-7-14(20)8-5-12)10-13-6-9-15(21)11-17(13)22-18/h4-11,18,20-21H,1-3H3. The Morgan fingerprint density at radius 2 is 1.55 bits per heavy atom. The van der Waals surface area contributed by atoms with Crippen molar-refractivity contribution in [3.05, 3.63) is 53.6 Å². The first-order valence-corrected chi connectivity index (χ1v) is 7.35. The quantitative estimate of drug-likeness (QED) is 0.817. The van der Waals surface area contributed by atoms with Crippen LogP contribution in [0.5, 0.6) is 17.2 Å². The molecule has 0 radical (unpaired) electrons. The zero-order valence-corrected chi connectivity index (χ0v) is 13.0. The van der Waals surface area contributed by atoms with Crippen LogP contribution in [-0.4, -0.2) is 16.3 Å². The van der Waals surface area contributed by atoms with Gasteiger partial charge in [-0.15, -0.1) is 0 Å². The van der Waals surface area contributed by atoms with Crippen molar-refractivity contribution in [2.45, 2.75) is 26.9 Å². The van der Waals surface area contributed by atoms with E-state index in [4.69, 9.17) is 4.74 Å². The molecule has 1 unspecified atom stereocenters. The number of hydrogen-bond donors (Lipinski definition) is 2. The van der Waals surface area contributed by atoms with Crippen LogP contribution < -0.4 is 4.74 Å². The first-order chi connectivity index (χ1) is 10.3. The largest absolute Gasteiger partial charge is 0.508 e. The summed E-state index contributed by atoms with van der Waals surface area (Å²) in [6.07, 6.45) is 1.96. The minimum atomic E-state index is -0.133. The third kappa shape index (κ3) is 2.67. The van der Waals surface area contributed by atoms with Gasteiger partial charge >= 0.3 is 0 Å². The van der Waals surface area contributed by atoms with Gasteiger partial charge < -0.3 is 14.9 Å². The van der Waals surface area contributed by atoms with Crippen LogP contribution >= 0.6 is 0 Å². The van der Waals surface area contributed by atoms with Gasteiger partial charge in [0.15, 0.2) is 0 Å². The van der Waals surface area contributed by atoms with Crippen LogP contribution in [0.15, 0.2) is 42.5 Å². The Bertz CT molecular complexity index is 721. The average Bonchev–Trinajstić information content (AvgIpc) is 2.46. The van der Waals surface area contributed by atoms with E-state index in [0.717, 1.165) is 16.7 Å². The van der Waals surface area contributed by atoms with Crippen LogP contribution in [0.25, 0.3) is 11.6 Å². The maximum absolute atomic E-state index is 9.66. The Morgan fingerprint density at radius 1 is 0.909 bits per heavy atom. The SMILES string of the molecule is CC(C)(C)C1Oc2cc(O)ccc2C=C1c1ccc(O)cc1. The lowest BCUT2D eigenvalue weighted by atomic mass is 9.80. The molecule has 2 aromatic rings. The molecule has 0 bridgehead atoms.